The number of ether oxygens (including phenoxy) is 1. The molecule has 3 aromatic rings. The van der Waals surface area contributed by atoms with Crippen LogP contribution in [0.2, 0.25) is 0 Å². The van der Waals surface area contributed by atoms with E-state index >= 15 is 0 Å². The topological polar surface area (TPSA) is 154 Å². The number of pyridine rings is 1. The van der Waals surface area contributed by atoms with Crippen LogP contribution in [0.1, 0.15) is 6.92 Å². The van der Waals surface area contributed by atoms with Crippen LogP contribution in [0.5, 0.6) is 0 Å². The van der Waals surface area contributed by atoms with E-state index in [1.165, 1.54) is 31.3 Å². The van der Waals surface area contributed by atoms with E-state index in [1.54, 1.807) is 18.2 Å². The minimum Gasteiger partial charge on any atom is -0.467 e. The number of hydrogen-bond acceptors (Lipinski definition) is 9. The van der Waals surface area contributed by atoms with Crippen molar-refractivity contribution in [3.05, 3.63) is 58.9 Å². The van der Waals surface area contributed by atoms with Crippen molar-refractivity contribution in [3.63, 3.8) is 0 Å². The summed E-state index contributed by atoms with van der Waals surface area (Å²) in [5.41, 5.74) is -2.47. The first-order valence-electron chi connectivity index (χ1n) is 8.58. The number of nitrogens with zero attached hydrogens (tertiary/aromatic N) is 3. The molecule has 11 nitrogen and oxygen atoms in total. The highest BCUT2D eigenvalue weighted by Gasteiger charge is 2.37. The molecule has 1 aromatic carbocycles. The monoisotopic (exact) mass is 434 g/mol. The van der Waals surface area contributed by atoms with Gasteiger partial charge in [0.2, 0.25) is 0 Å². The Balaban J connectivity index is 2.24. The van der Waals surface area contributed by atoms with Crippen LogP contribution < -0.4 is 5.32 Å². The van der Waals surface area contributed by atoms with E-state index in [0.717, 1.165) is 17.3 Å². The Morgan fingerprint density at radius 3 is 2.57 bits per heavy atom. The Bertz CT molecular complexity index is 1220. The largest absolute Gasteiger partial charge is 0.467 e. The van der Waals surface area contributed by atoms with Crippen molar-refractivity contribution in [1.29, 1.82) is 0 Å². The minimum absolute atomic E-state index is 0.00641. The fourth-order valence-corrected chi connectivity index (χ4v) is 4.20. The summed E-state index contributed by atoms with van der Waals surface area (Å²) >= 11 is 0. The Morgan fingerprint density at radius 2 is 2.00 bits per heavy atom. The summed E-state index contributed by atoms with van der Waals surface area (Å²) in [6.07, 6.45) is 2.10. The number of hydrogen-bond donors (Lipinski definition) is 2. The van der Waals surface area contributed by atoms with Crippen molar-refractivity contribution < 1.29 is 28.0 Å². The standard InChI is InChI=1S/C18H18N4O7S/c1-18(11-23,17(24)29-2)20-15-13-8-9-21(16(13)19-10-14(15)22(25)26)30(27,28)12-6-4-3-5-7-12/h3-10,23H,11H2,1-2H3,(H,19,20). The molecule has 2 heterocycles. The minimum atomic E-state index is -4.03. The molecule has 0 radical (unpaired) electrons. The van der Waals surface area contributed by atoms with Gasteiger partial charge in [-0.2, -0.15) is 0 Å². The van der Waals surface area contributed by atoms with Crippen LogP contribution in [-0.2, 0) is 19.6 Å². The van der Waals surface area contributed by atoms with E-state index in [0.29, 0.717) is 0 Å². The molecule has 1 unspecified atom stereocenters. The SMILES string of the molecule is COC(=O)C(C)(CO)Nc1c([N+](=O)[O-])cnc2c1ccn2S(=O)(=O)c1ccccc1. The summed E-state index contributed by atoms with van der Waals surface area (Å²) < 4.78 is 31.5. The van der Waals surface area contributed by atoms with Gasteiger partial charge in [0.05, 0.1) is 28.9 Å². The maximum Gasteiger partial charge on any atom is 0.333 e. The average molecular weight is 434 g/mol. The van der Waals surface area contributed by atoms with Crippen LogP contribution in [0.15, 0.2) is 53.7 Å². The number of esters is 1. The third kappa shape index (κ3) is 3.46. The highest BCUT2D eigenvalue weighted by atomic mass is 32.2. The zero-order valence-electron chi connectivity index (χ0n) is 16.0. The van der Waals surface area contributed by atoms with Crippen LogP contribution >= 0.6 is 0 Å². The number of nitro groups is 1. The van der Waals surface area contributed by atoms with Crippen molar-refractivity contribution in [2.45, 2.75) is 17.4 Å². The molecule has 3 rings (SSSR count). The lowest BCUT2D eigenvalue weighted by molar-refractivity contribution is -0.384. The first-order valence-corrected chi connectivity index (χ1v) is 10.0. The second-order valence-electron chi connectivity index (χ2n) is 6.55. The fourth-order valence-electron chi connectivity index (χ4n) is 2.88. The van der Waals surface area contributed by atoms with Gasteiger partial charge in [0, 0.05) is 6.20 Å². The summed E-state index contributed by atoms with van der Waals surface area (Å²) in [5.74, 6) is -0.861. The lowest BCUT2D eigenvalue weighted by atomic mass is 10.0. The number of aliphatic hydroxyl groups is 1. The number of aliphatic hydroxyl groups excluding tert-OH is 1. The van der Waals surface area contributed by atoms with E-state index in [2.05, 4.69) is 15.0 Å². The number of fused-ring (bicyclic) bond motifs is 1. The number of carbonyl (C=O) groups excluding carboxylic acids is 1. The van der Waals surface area contributed by atoms with Crippen molar-refractivity contribution in [1.82, 2.24) is 8.96 Å². The maximum atomic E-state index is 13.0. The molecule has 30 heavy (non-hydrogen) atoms. The molecule has 0 spiro atoms. The normalized spacial score (nSPS) is 13.6. The quantitative estimate of drug-likeness (QED) is 0.320. The molecule has 0 aliphatic carbocycles. The number of aromatic nitrogens is 2. The van der Waals surface area contributed by atoms with Gasteiger partial charge in [-0.05, 0) is 25.1 Å². The molecule has 2 N–H and O–H groups in total. The predicted molar refractivity (Wildman–Crippen MR) is 107 cm³/mol. The third-order valence-corrected chi connectivity index (χ3v) is 6.19. The van der Waals surface area contributed by atoms with E-state index in [9.17, 15) is 28.4 Å². The van der Waals surface area contributed by atoms with Gasteiger partial charge in [0.25, 0.3) is 10.0 Å². The van der Waals surface area contributed by atoms with Crippen LogP contribution in [0.4, 0.5) is 11.4 Å². The van der Waals surface area contributed by atoms with Gasteiger partial charge in [-0.3, -0.25) is 10.1 Å². The number of methoxy groups -OCH3 is 1. The van der Waals surface area contributed by atoms with Gasteiger partial charge in [-0.15, -0.1) is 0 Å². The molecule has 12 heteroatoms. The molecule has 2 aromatic heterocycles. The Labute approximate surface area is 171 Å². The first kappa shape index (κ1) is 21.2. The number of rotatable bonds is 7. The van der Waals surface area contributed by atoms with Crippen molar-refractivity contribution in [2.75, 3.05) is 19.0 Å². The predicted octanol–water partition coefficient (Wildman–Crippen LogP) is 1.52. The molecule has 0 saturated carbocycles. The van der Waals surface area contributed by atoms with Gasteiger partial charge >= 0.3 is 11.7 Å². The summed E-state index contributed by atoms with van der Waals surface area (Å²) in [4.78, 5) is 26.9. The third-order valence-electron chi connectivity index (χ3n) is 4.51. The maximum absolute atomic E-state index is 13.0. The zero-order chi connectivity index (χ0) is 22.1. The van der Waals surface area contributed by atoms with Crippen LogP contribution in [-0.4, -0.2) is 52.6 Å². The van der Waals surface area contributed by atoms with E-state index in [-0.39, 0.29) is 21.6 Å². The van der Waals surface area contributed by atoms with Crippen LogP contribution in [0, 0.1) is 10.1 Å². The summed E-state index contributed by atoms with van der Waals surface area (Å²) in [7, 11) is -2.92. The van der Waals surface area contributed by atoms with E-state index < -0.39 is 38.7 Å². The van der Waals surface area contributed by atoms with Gasteiger partial charge in [0.15, 0.2) is 11.2 Å². The van der Waals surface area contributed by atoms with E-state index in [4.69, 9.17) is 0 Å². The van der Waals surface area contributed by atoms with Crippen molar-refractivity contribution in [2.24, 2.45) is 0 Å². The van der Waals surface area contributed by atoms with Crippen molar-refractivity contribution in [3.8, 4) is 0 Å². The number of carbonyl (C=O) groups is 1. The van der Waals surface area contributed by atoms with Crippen LogP contribution in [0.3, 0.4) is 0 Å². The molecule has 0 aliphatic rings. The highest BCUT2D eigenvalue weighted by molar-refractivity contribution is 7.90. The van der Waals surface area contributed by atoms with Gasteiger partial charge in [-0.1, -0.05) is 18.2 Å². The zero-order valence-corrected chi connectivity index (χ0v) is 16.8. The summed E-state index contributed by atoms with van der Waals surface area (Å²) in [6.45, 7) is 0.566. The van der Waals surface area contributed by atoms with E-state index in [1.807, 2.05) is 0 Å². The number of nitrogens with one attached hydrogen (secondary N) is 1. The molecule has 0 aliphatic heterocycles. The molecule has 0 bridgehead atoms. The highest BCUT2D eigenvalue weighted by Crippen LogP contribution is 2.35. The Hall–Kier alpha value is -3.51. The van der Waals surface area contributed by atoms with Gasteiger partial charge < -0.3 is 15.2 Å². The molecular formula is C18H18N4O7S. The second-order valence-corrected chi connectivity index (χ2v) is 8.36. The first-order chi connectivity index (χ1) is 14.2. The molecule has 0 saturated heterocycles. The summed E-state index contributed by atoms with van der Waals surface area (Å²) in [5, 5.41) is 23.9. The number of anilines is 1. The molecular weight excluding hydrogens is 416 g/mol. The lowest BCUT2D eigenvalue weighted by Gasteiger charge is -2.26. The average Bonchev–Trinajstić information content (AvgIpc) is 3.19. The Kier molecular flexibility index (Phi) is 5.46. The van der Waals surface area contributed by atoms with Gasteiger partial charge in [0.1, 0.15) is 11.9 Å². The lowest BCUT2D eigenvalue weighted by Crippen LogP contribution is -2.47. The fraction of sp³-hybridized carbons (Fsp3) is 0.222. The summed E-state index contributed by atoms with van der Waals surface area (Å²) in [6, 6.07) is 8.93. The molecule has 0 amide bonds. The molecule has 158 valence electrons. The smallest absolute Gasteiger partial charge is 0.333 e. The van der Waals surface area contributed by atoms with Crippen LogP contribution in [0.25, 0.3) is 11.0 Å². The van der Waals surface area contributed by atoms with Gasteiger partial charge in [-0.25, -0.2) is 22.2 Å². The molecule has 1 atom stereocenters. The second kappa shape index (κ2) is 7.72. The molecule has 0 fully saturated rings. The number of benzene rings is 1. The van der Waals surface area contributed by atoms with Crippen molar-refractivity contribution >= 4 is 38.4 Å². The Morgan fingerprint density at radius 1 is 1.33 bits per heavy atom.